The average molecular weight is 471 g/mol. The van der Waals surface area contributed by atoms with Crippen LogP contribution >= 0.6 is 0 Å². The van der Waals surface area contributed by atoms with Gasteiger partial charge in [0.15, 0.2) is 5.76 Å². The third-order valence-electron chi connectivity index (χ3n) is 5.61. The van der Waals surface area contributed by atoms with E-state index in [-0.39, 0.29) is 11.7 Å². The Bertz CT molecular complexity index is 1270. The van der Waals surface area contributed by atoms with Crippen molar-refractivity contribution in [2.24, 2.45) is 0 Å². The van der Waals surface area contributed by atoms with Crippen molar-refractivity contribution in [2.75, 3.05) is 23.7 Å². The van der Waals surface area contributed by atoms with Crippen molar-refractivity contribution in [3.05, 3.63) is 84.2 Å². The van der Waals surface area contributed by atoms with E-state index >= 15 is 0 Å². The topological polar surface area (TPSA) is 96.2 Å². The fourth-order valence-corrected chi connectivity index (χ4v) is 3.71. The zero-order valence-corrected chi connectivity index (χ0v) is 20.3. The van der Waals surface area contributed by atoms with Crippen LogP contribution in [0.1, 0.15) is 42.1 Å². The van der Waals surface area contributed by atoms with E-state index in [2.05, 4.69) is 44.3 Å². The van der Waals surface area contributed by atoms with E-state index in [1.807, 2.05) is 49.4 Å². The van der Waals surface area contributed by atoms with E-state index < -0.39 is 0 Å². The number of amides is 1. The zero-order chi connectivity index (χ0) is 24.6. The van der Waals surface area contributed by atoms with Crippen LogP contribution in [0.4, 0.5) is 17.3 Å². The van der Waals surface area contributed by atoms with Crippen LogP contribution in [0.3, 0.4) is 0 Å². The number of nitrogens with zero attached hydrogens (tertiary/aromatic N) is 4. The molecule has 0 aliphatic heterocycles. The summed E-state index contributed by atoms with van der Waals surface area (Å²) in [5.74, 6) is 1.23. The Morgan fingerprint density at radius 3 is 2.74 bits per heavy atom. The van der Waals surface area contributed by atoms with Crippen LogP contribution in [0.15, 0.2) is 71.5 Å². The molecule has 35 heavy (non-hydrogen) atoms. The largest absolute Gasteiger partial charge is 0.455 e. The quantitative estimate of drug-likeness (QED) is 0.308. The molecule has 4 aromatic rings. The molecule has 0 aliphatic rings. The molecule has 1 aromatic carbocycles. The monoisotopic (exact) mass is 470 g/mol. The highest BCUT2D eigenvalue weighted by molar-refractivity contribution is 6.02. The summed E-state index contributed by atoms with van der Waals surface area (Å²) in [4.78, 5) is 28.2. The minimum atomic E-state index is -0.292. The third kappa shape index (κ3) is 6.30. The first-order valence-corrected chi connectivity index (χ1v) is 11.8. The molecule has 8 heteroatoms. The minimum Gasteiger partial charge on any atom is -0.455 e. The van der Waals surface area contributed by atoms with Crippen LogP contribution in [0.2, 0.25) is 0 Å². The van der Waals surface area contributed by atoms with Crippen molar-refractivity contribution in [1.82, 2.24) is 19.9 Å². The molecule has 180 valence electrons. The number of rotatable bonds is 10. The molecular weight excluding hydrogens is 440 g/mol. The molecule has 8 nitrogen and oxygen atoms in total. The van der Waals surface area contributed by atoms with Crippen LogP contribution in [-0.4, -0.2) is 38.8 Å². The average Bonchev–Trinajstić information content (AvgIpc) is 3.35. The van der Waals surface area contributed by atoms with Gasteiger partial charge >= 0.3 is 0 Å². The number of nitrogens with one attached hydrogen (secondary N) is 2. The maximum absolute atomic E-state index is 12.8. The molecule has 0 aliphatic carbocycles. The van der Waals surface area contributed by atoms with Gasteiger partial charge in [0.05, 0.1) is 12.2 Å². The number of furan rings is 1. The summed E-state index contributed by atoms with van der Waals surface area (Å²) in [7, 11) is 0. The van der Waals surface area contributed by atoms with Crippen LogP contribution in [0.25, 0.3) is 11.3 Å². The van der Waals surface area contributed by atoms with Gasteiger partial charge in [-0.05, 0) is 74.5 Å². The molecule has 2 N–H and O–H groups in total. The lowest BCUT2D eigenvalue weighted by atomic mass is 10.1. The van der Waals surface area contributed by atoms with Gasteiger partial charge < -0.3 is 15.1 Å². The number of anilines is 3. The molecule has 0 spiro atoms. The number of pyridine rings is 1. The van der Waals surface area contributed by atoms with Gasteiger partial charge in [-0.3, -0.25) is 14.7 Å². The highest BCUT2D eigenvalue weighted by Crippen LogP contribution is 2.25. The van der Waals surface area contributed by atoms with Crippen molar-refractivity contribution >= 4 is 23.2 Å². The van der Waals surface area contributed by atoms with Crippen LogP contribution in [-0.2, 0) is 6.54 Å². The smallest absolute Gasteiger partial charge is 0.291 e. The van der Waals surface area contributed by atoms with Crippen molar-refractivity contribution in [3.63, 3.8) is 0 Å². The first-order valence-electron chi connectivity index (χ1n) is 11.8. The van der Waals surface area contributed by atoms with Crippen molar-refractivity contribution in [3.8, 4) is 11.3 Å². The molecule has 0 fully saturated rings. The predicted molar refractivity (Wildman–Crippen MR) is 138 cm³/mol. The summed E-state index contributed by atoms with van der Waals surface area (Å²) in [5, 5.41) is 6.18. The number of hydrogen-bond donors (Lipinski definition) is 2. The summed E-state index contributed by atoms with van der Waals surface area (Å²) >= 11 is 0. The minimum absolute atomic E-state index is 0.287. The lowest BCUT2D eigenvalue weighted by Gasteiger charge is -2.17. The molecule has 3 heterocycles. The van der Waals surface area contributed by atoms with Crippen molar-refractivity contribution < 1.29 is 9.21 Å². The van der Waals surface area contributed by atoms with E-state index in [9.17, 15) is 4.79 Å². The second-order valence-electron chi connectivity index (χ2n) is 8.25. The summed E-state index contributed by atoms with van der Waals surface area (Å²) in [6.45, 7) is 8.87. The van der Waals surface area contributed by atoms with Crippen LogP contribution < -0.4 is 10.6 Å². The Morgan fingerprint density at radius 2 is 1.97 bits per heavy atom. The summed E-state index contributed by atoms with van der Waals surface area (Å²) in [5.41, 5.74) is 4.11. The molecule has 0 saturated carbocycles. The van der Waals surface area contributed by atoms with Gasteiger partial charge in [0.1, 0.15) is 5.76 Å². The van der Waals surface area contributed by atoms with Gasteiger partial charge in [-0.15, -0.1) is 0 Å². The van der Waals surface area contributed by atoms with Gasteiger partial charge in [0, 0.05) is 35.5 Å². The van der Waals surface area contributed by atoms with Gasteiger partial charge in [0.25, 0.3) is 5.91 Å². The molecule has 0 saturated heterocycles. The van der Waals surface area contributed by atoms with E-state index in [4.69, 9.17) is 4.42 Å². The zero-order valence-electron chi connectivity index (χ0n) is 20.3. The van der Waals surface area contributed by atoms with E-state index in [0.717, 1.165) is 47.8 Å². The summed E-state index contributed by atoms with van der Waals surface area (Å²) < 4.78 is 5.81. The van der Waals surface area contributed by atoms with Crippen LogP contribution in [0.5, 0.6) is 0 Å². The maximum atomic E-state index is 12.8. The maximum Gasteiger partial charge on any atom is 0.291 e. The molecule has 0 bridgehead atoms. The number of benzene rings is 1. The predicted octanol–water partition coefficient (Wildman–Crippen LogP) is 5.67. The highest BCUT2D eigenvalue weighted by Gasteiger charge is 2.14. The van der Waals surface area contributed by atoms with E-state index in [1.54, 1.807) is 24.7 Å². The molecule has 0 unspecified atom stereocenters. The van der Waals surface area contributed by atoms with Gasteiger partial charge in [-0.2, -0.15) is 0 Å². The van der Waals surface area contributed by atoms with E-state index in [0.29, 0.717) is 18.2 Å². The normalized spacial score (nSPS) is 11.0. The molecule has 0 radical (unpaired) electrons. The number of carbonyl (C=O) groups is 1. The molecule has 0 atom stereocenters. The first-order chi connectivity index (χ1) is 17.1. The molecule has 4 rings (SSSR count). The van der Waals surface area contributed by atoms with Gasteiger partial charge in [0.2, 0.25) is 5.95 Å². The lowest BCUT2D eigenvalue weighted by molar-refractivity contribution is 0.0993. The van der Waals surface area contributed by atoms with Crippen molar-refractivity contribution in [1.29, 1.82) is 0 Å². The Morgan fingerprint density at radius 1 is 1.09 bits per heavy atom. The Hall–Kier alpha value is -4.04. The van der Waals surface area contributed by atoms with E-state index in [1.165, 1.54) is 0 Å². The standard InChI is InChI=1S/C27H30N6O2/c1-4-15-33(5-2)18-22-10-11-25(35-22)26(34)30-21-9-8-19(3)24(16-21)32-27-29-14-12-23(31-27)20-7-6-13-28-17-20/h6-14,16-17H,4-5,15,18H2,1-3H3,(H,30,34)(H,29,31,32). The molecule has 1 amide bonds. The summed E-state index contributed by atoms with van der Waals surface area (Å²) in [6.07, 6.45) is 6.26. The molecule has 3 aromatic heterocycles. The summed E-state index contributed by atoms with van der Waals surface area (Å²) in [6, 6.07) is 14.9. The van der Waals surface area contributed by atoms with Crippen LogP contribution in [0, 0.1) is 6.92 Å². The molecular formula is C27H30N6O2. The number of aryl methyl sites for hydroxylation is 1. The third-order valence-corrected chi connectivity index (χ3v) is 5.61. The van der Waals surface area contributed by atoms with Crippen molar-refractivity contribution in [2.45, 2.75) is 33.7 Å². The Labute approximate surface area is 205 Å². The fourth-order valence-electron chi connectivity index (χ4n) is 3.71. The van der Waals surface area contributed by atoms with Gasteiger partial charge in [-0.1, -0.05) is 19.9 Å². The second kappa shape index (κ2) is 11.4. The number of carbonyl (C=O) groups excluding carboxylic acids is 1. The Kier molecular flexibility index (Phi) is 7.84. The SMILES string of the molecule is CCCN(CC)Cc1ccc(C(=O)Nc2ccc(C)c(Nc3nccc(-c4cccnc4)n3)c2)o1. The Balaban J connectivity index is 1.45. The number of hydrogen-bond acceptors (Lipinski definition) is 7. The van der Waals surface area contributed by atoms with Gasteiger partial charge in [-0.25, -0.2) is 9.97 Å². The first kappa shape index (κ1) is 24.1. The lowest BCUT2D eigenvalue weighted by Crippen LogP contribution is -2.23. The fraction of sp³-hybridized carbons (Fsp3) is 0.259. The number of aromatic nitrogens is 3. The highest BCUT2D eigenvalue weighted by atomic mass is 16.4. The second-order valence-corrected chi connectivity index (χ2v) is 8.25.